The van der Waals surface area contributed by atoms with Gasteiger partial charge in [0.2, 0.25) is 5.89 Å². The van der Waals surface area contributed by atoms with Crippen LogP contribution in [0.1, 0.15) is 24.1 Å². The summed E-state index contributed by atoms with van der Waals surface area (Å²) in [5.74, 6) is 1.68. The van der Waals surface area contributed by atoms with Gasteiger partial charge in [0, 0.05) is 45.5 Å². The maximum Gasteiger partial charge on any atom is 0.260 e. The number of anilines is 1. The molecule has 0 bridgehead atoms. The Morgan fingerprint density at radius 1 is 1.21 bits per heavy atom. The molecule has 0 spiro atoms. The average Bonchev–Trinajstić information content (AvgIpc) is 3.43. The Morgan fingerprint density at radius 3 is 2.86 bits per heavy atom. The lowest BCUT2D eigenvalue weighted by molar-refractivity contribution is 0.189. The van der Waals surface area contributed by atoms with Gasteiger partial charge in [-0.25, -0.2) is 4.98 Å². The lowest BCUT2D eigenvalue weighted by Crippen LogP contribution is -2.46. The fourth-order valence-electron chi connectivity index (χ4n) is 3.99. The van der Waals surface area contributed by atoms with Gasteiger partial charge in [-0.3, -0.25) is 9.69 Å². The van der Waals surface area contributed by atoms with Crippen molar-refractivity contribution >= 4 is 16.6 Å². The summed E-state index contributed by atoms with van der Waals surface area (Å²) in [5.41, 5.74) is 1.82. The van der Waals surface area contributed by atoms with E-state index < -0.39 is 0 Å². The minimum absolute atomic E-state index is 0.0185. The molecule has 2 saturated heterocycles. The highest BCUT2D eigenvalue weighted by Gasteiger charge is 2.25. The Morgan fingerprint density at radius 2 is 2.07 bits per heavy atom. The third-order valence-corrected chi connectivity index (χ3v) is 5.77. The van der Waals surface area contributed by atoms with E-state index >= 15 is 0 Å². The van der Waals surface area contributed by atoms with E-state index in [0.29, 0.717) is 24.4 Å². The molecule has 5 rings (SSSR count). The van der Waals surface area contributed by atoms with Crippen LogP contribution < -0.4 is 10.5 Å². The summed E-state index contributed by atoms with van der Waals surface area (Å²) in [7, 11) is 1.72. The molecular formula is C20H24N6O3. The topological polar surface area (TPSA) is 89.5 Å². The van der Waals surface area contributed by atoms with Gasteiger partial charge in [0.15, 0.2) is 5.82 Å². The van der Waals surface area contributed by atoms with E-state index in [1.54, 1.807) is 13.4 Å². The second-order valence-corrected chi connectivity index (χ2v) is 7.73. The fraction of sp³-hybridized carbons (Fsp3) is 0.500. The molecule has 2 aromatic heterocycles. The average molecular weight is 396 g/mol. The van der Waals surface area contributed by atoms with Gasteiger partial charge < -0.3 is 18.7 Å². The van der Waals surface area contributed by atoms with E-state index in [1.165, 1.54) is 4.57 Å². The SMILES string of the molecule is Cn1cnc2cc(N3CCN(Cc4noc(C5CCOC5)n4)CC3)ccc2c1=O. The predicted octanol–water partition coefficient (Wildman–Crippen LogP) is 1.14. The lowest BCUT2D eigenvalue weighted by Gasteiger charge is -2.35. The molecule has 29 heavy (non-hydrogen) atoms. The number of fused-ring (bicyclic) bond motifs is 1. The first-order valence-electron chi connectivity index (χ1n) is 10.0. The molecule has 1 unspecified atom stereocenters. The molecule has 2 fully saturated rings. The lowest BCUT2D eigenvalue weighted by atomic mass is 10.1. The molecule has 4 heterocycles. The Bertz CT molecular complexity index is 1060. The fourth-order valence-corrected chi connectivity index (χ4v) is 3.99. The first kappa shape index (κ1) is 18.3. The molecule has 0 radical (unpaired) electrons. The maximum absolute atomic E-state index is 12.2. The summed E-state index contributed by atoms with van der Waals surface area (Å²) in [5, 5.41) is 4.80. The second kappa shape index (κ2) is 7.57. The van der Waals surface area contributed by atoms with Gasteiger partial charge in [-0.15, -0.1) is 0 Å². The van der Waals surface area contributed by atoms with Gasteiger partial charge in [0.05, 0.1) is 36.3 Å². The largest absolute Gasteiger partial charge is 0.381 e. The number of rotatable bonds is 4. The third-order valence-electron chi connectivity index (χ3n) is 5.77. The van der Waals surface area contributed by atoms with E-state index in [9.17, 15) is 4.79 Å². The molecule has 0 amide bonds. The van der Waals surface area contributed by atoms with Crippen molar-refractivity contribution in [1.29, 1.82) is 0 Å². The van der Waals surface area contributed by atoms with Crippen LogP contribution in [0, 0.1) is 0 Å². The van der Waals surface area contributed by atoms with Crippen LogP contribution in [0.2, 0.25) is 0 Å². The molecular weight excluding hydrogens is 372 g/mol. The number of piperazine rings is 1. The number of ether oxygens (including phenoxy) is 1. The first-order chi connectivity index (χ1) is 14.2. The van der Waals surface area contributed by atoms with Crippen LogP contribution in [0.4, 0.5) is 5.69 Å². The number of nitrogens with zero attached hydrogens (tertiary/aromatic N) is 6. The monoisotopic (exact) mass is 396 g/mol. The molecule has 0 N–H and O–H groups in total. The molecule has 1 atom stereocenters. The van der Waals surface area contributed by atoms with Crippen LogP contribution in [0.5, 0.6) is 0 Å². The highest BCUT2D eigenvalue weighted by Crippen LogP contribution is 2.24. The van der Waals surface area contributed by atoms with Crippen LogP contribution in [-0.2, 0) is 18.3 Å². The smallest absolute Gasteiger partial charge is 0.260 e. The van der Waals surface area contributed by atoms with Crippen molar-refractivity contribution in [3.63, 3.8) is 0 Å². The predicted molar refractivity (Wildman–Crippen MR) is 107 cm³/mol. The number of aromatic nitrogens is 4. The van der Waals surface area contributed by atoms with Crippen LogP contribution in [0.15, 0.2) is 33.8 Å². The van der Waals surface area contributed by atoms with E-state index in [2.05, 4.69) is 24.9 Å². The Hall–Kier alpha value is -2.78. The van der Waals surface area contributed by atoms with Crippen LogP contribution in [0.25, 0.3) is 10.9 Å². The Kier molecular flexibility index (Phi) is 4.76. The van der Waals surface area contributed by atoms with Crippen molar-refractivity contribution in [3.8, 4) is 0 Å². The zero-order valence-electron chi connectivity index (χ0n) is 16.5. The van der Waals surface area contributed by atoms with E-state index in [0.717, 1.165) is 56.2 Å². The zero-order valence-corrected chi connectivity index (χ0v) is 16.5. The molecule has 9 heteroatoms. The molecule has 2 aliphatic heterocycles. The van der Waals surface area contributed by atoms with Crippen LogP contribution in [-0.4, -0.2) is 64.0 Å². The first-order valence-corrected chi connectivity index (χ1v) is 10.0. The van der Waals surface area contributed by atoms with Crippen molar-refractivity contribution in [2.75, 3.05) is 44.3 Å². The minimum Gasteiger partial charge on any atom is -0.381 e. The normalized spacial score (nSPS) is 20.6. The number of aryl methyl sites for hydroxylation is 1. The van der Waals surface area contributed by atoms with Crippen LogP contribution in [0.3, 0.4) is 0 Å². The maximum atomic E-state index is 12.2. The van der Waals surface area contributed by atoms with E-state index in [1.807, 2.05) is 18.2 Å². The van der Waals surface area contributed by atoms with Gasteiger partial charge in [0.1, 0.15) is 0 Å². The third kappa shape index (κ3) is 3.63. The van der Waals surface area contributed by atoms with Crippen molar-refractivity contribution in [2.45, 2.75) is 18.9 Å². The quantitative estimate of drug-likeness (QED) is 0.649. The summed E-state index contributed by atoms with van der Waals surface area (Å²) < 4.78 is 12.3. The van der Waals surface area contributed by atoms with E-state index in [4.69, 9.17) is 9.26 Å². The summed E-state index contributed by atoms with van der Waals surface area (Å²) in [6.07, 6.45) is 2.52. The van der Waals surface area contributed by atoms with Gasteiger partial charge in [-0.1, -0.05) is 5.16 Å². The van der Waals surface area contributed by atoms with Gasteiger partial charge in [-0.2, -0.15) is 4.98 Å². The van der Waals surface area contributed by atoms with Crippen molar-refractivity contribution < 1.29 is 9.26 Å². The van der Waals surface area contributed by atoms with Crippen molar-refractivity contribution in [3.05, 3.63) is 46.6 Å². The number of hydrogen-bond acceptors (Lipinski definition) is 8. The molecule has 0 saturated carbocycles. The molecule has 9 nitrogen and oxygen atoms in total. The summed E-state index contributed by atoms with van der Waals surface area (Å²) in [6.45, 7) is 5.77. The van der Waals surface area contributed by atoms with E-state index in [-0.39, 0.29) is 11.5 Å². The zero-order chi connectivity index (χ0) is 19.8. The van der Waals surface area contributed by atoms with Gasteiger partial charge >= 0.3 is 0 Å². The summed E-state index contributed by atoms with van der Waals surface area (Å²) in [6, 6.07) is 5.89. The molecule has 1 aromatic carbocycles. The second-order valence-electron chi connectivity index (χ2n) is 7.73. The standard InChI is InChI=1S/C20H24N6O3/c1-24-13-21-17-10-15(2-3-16(17)20(24)27)26-7-5-25(6-8-26)11-18-22-19(29-23-18)14-4-9-28-12-14/h2-3,10,13-14H,4-9,11-12H2,1H3. The van der Waals surface area contributed by atoms with Crippen LogP contribution >= 0.6 is 0 Å². The molecule has 2 aliphatic rings. The number of hydrogen-bond donors (Lipinski definition) is 0. The van der Waals surface area contributed by atoms with Gasteiger partial charge in [0.25, 0.3) is 5.56 Å². The molecule has 3 aromatic rings. The summed E-state index contributed by atoms with van der Waals surface area (Å²) in [4.78, 5) is 25.8. The molecule has 0 aliphatic carbocycles. The van der Waals surface area contributed by atoms with Gasteiger partial charge in [-0.05, 0) is 24.6 Å². The molecule has 152 valence electrons. The number of benzene rings is 1. The summed E-state index contributed by atoms with van der Waals surface area (Å²) >= 11 is 0. The minimum atomic E-state index is -0.0185. The Balaban J connectivity index is 1.22. The highest BCUT2D eigenvalue weighted by atomic mass is 16.5. The van der Waals surface area contributed by atoms with Crippen molar-refractivity contribution in [2.24, 2.45) is 7.05 Å². The van der Waals surface area contributed by atoms with Crippen molar-refractivity contribution in [1.82, 2.24) is 24.6 Å². The highest BCUT2D eigenvalue weighted by molar-refractivity contribution is 5.81. The Labute approximate surface area is 167 Å².